The van der Waals surface area contributed by atoms with Gasteiger partial charge >= 0.3 is 5.97 Å². The van der Waals surface area contributed by atoms with Crippen molar-refractivity contribution in [1.82, 2.24) is 25.4 Å². The van der Waals surface area contributed by atoms with Gasteiger partial charge in [-0.2, -0.15) is 0 Å². The molecule has 2 saturated heterocycles. The zero-order chi connectivity index (χ0) is 29.5. The van der Waals surface area contributed by atoms with Gasteiger partial charge < -0.3 is 25.5 Å². The van der Waals surface area contributed by atoms with Crippen LogP contribution < -0.4 is 10.6 Å². The van der Waals surface area contributed by atoms with Crippen LogP contribution in [0, 0.1) is 5.41 Å². The van der Waals surface area contributed by atoms with Crippen LogP contribution in [0.1, 0.15) is 11.3 Å². The molecule has 218 valence electrons. The van der Waals surface area contributed by atoms with Crippen LogP contribution in [-0.4, -0.2) is 91.2 Å². The summed E-state index contributed by atoms with van der Waals surface area (Å²) in [6.07, 6.45) is 4.05. The van der Waals surface area contributed by atoms with E-state index in [9.17, 15) is 24.3 Å². The Labute approximate surface area is 255 Å². The summed E-state index contributed by atoms with van der Waals surface area (Å²) >= 11 is 5.01. The van der Waals surface area contributed by atoms with E-state index in [4.69, 9.17) is 4.84 Å². The number of rotatable bonds is 13. The van der Waals surface area contributed by atoms with Crippen molar-refractivity contribution in [3.8, 4) is 0 Å². The highest BCUT2D eigenvalue weighted by Crippen LogP contribution is 2.44. The smallest absolute Gasteiger partial charge is 0.313 e. The SMILES string of the molecule is O=CNc1nc(C(=NOCC=Cc2ccccc2)C(=O)NC2C(=O)N3CC(CSc4nncs4)(C(=O)O)CS[C@H]23)cs1. The molecule has 1 aromatic carbocycles. The Bertz CT molecular complexity index is 1500. The van der Waals surface area contributed by atoms with Gasteiger partial charge in [0, 0.05) is 23.4 Å². The Morgan fingerprint density at radius 1 is 1.29 bits per heavy atom. The van der Waals surface area contributed by atoms with E-state index in [0.29, 0.717) is 10.7 Å². The van der Waals surface area contributed by atoms with Crippen molar-refractivity contribution in [3.63, 3.8) is 0 Å². The molecule has 2 aromatic heterocycles. The standard InChI is InChI=1S/C25H23N7O6S4/c33-13-26-23-28-16(9-39-23)17(31-38-8-4-7-15-5-2-1-3-6-15)19(34)29-18-20(35)32-10-25(22(36)37,11-40-21(18)32)12-41-24-30-27-14-42-24/h1-7,9,13-14,18,21H,8,10-12H2,(H,29,34)(H,36,37)(H,26,28,33)/t18?,21-,25?/m1/s1. The summed E-state index contributed by atoms with van der Waals surface area (Å²) in [7, 11) is 0. The number of nitrogens with one attached hydrogen (secondary N) is 2. The number of thioether (sulfide) groups is 2. The molecule has 13 nitrogen and oxygen atoms in total. The lowest BCUT2D eigenvalue weighted by molar-refractivity contribution is -0.157. The minimum atomic E-state index is -1.17. The molecule has 3 atom stereocenters. The summed E-state index contributed by atoms with van der Waals surface area (Å²) in [5.41, 5.74) is 1.36. The van der Waals surface area contributed by atoms with Crippen molar-refractivity contribution < 1.29 is 29.1 Å². The quantitative estimate of drug-likeness (QED) is 0.0621. The summed E-state index contributed by atoms with van der Waals surface area (Å²) in [6, 6.07) is 8.70. The van der Waals surface area contributed by atoms with Gasteiger partial charge in [0.15, 0.2) is 15.2 Å². The van der Waals surface area contributed by atoms with Crippen molar-refractivity contribution in [2.24, 2.45) is 10.6 Å². The van der Waals surface area contributed by atoms with Crippen LogP contribution in [0.3, 0.4) is 0 Å². The summed E-state index contributed by atoms with van der Waals surface area (Å²) in [6.45, 7) is 0.0812. The first kappa shape index (κ1) is 29.7. The van der Waals surface area contributed by atoms with Gasteiger partial charge in [-0.25, -0.2) is 4.98 Å². The minimum Gasteiger partial charge on any atom is -0.481 e. The monoisotopic (exact) mass is 645 g/mol. The number of carbonyl (C=O) groups excluding carboxylic acids is 3. The first-order valence-corrected chi connectivity index (χ1v) is 16.1. The van der Waals surface area contributed by atoms with Crippen LogP contribution in [0.5, 0.6) is 0 Å². The predicted octanol–water partition coefficient (Wildman–Crippen LogP) is 2.26. The molecule has 0 saturated carbocycles. The molecule has 0 radical (unpaired) electrons. The second-order valence-electron chi connectivity index (χ2n) is 9.05. The molecule has 3 N–H and O–H groups in total. The van der Waals surface area contributed by atoms with E-state index < -0.39 is 28.7 Å². The van der Waals surface area contributed by atoms with E-state index in [1.807, 2.05) is 36.4 Å². The van der Waals surface area contributed by atoms with Crippen LogP contribution in [0.4, 0.5) is 5.13 Å². The van der Waals surface area contributed by atoms with Crippen molar-refractivity contribution in [3.05, 3.63) is 58.6 Å². The van der Waals surface area contributed by atoms with Crippen LogP contribution in [0.15, 0.2) is 56.8 Å². The third-order valence-electron chi connectivity index (χ3n) is 6.28. The predicted molar refractivity (Wildman–Crippen MR) is 160 cm³/mol. The van der Waals surface area contributed by atoms with Gasteiger partial charge in [0.05, 0.1) is 0 Å². The number of amides is 3. The number of carboxylic acid groups (broad SMARTS) is 1. The number of nitrogens with zero attached hydrogens (tertiary/aromatic N) is 5. The lowest BCUT2D eigenvalue weighted by Gasteiger charge is -2.53. The third-order valence-corrected chi connectivity index (χ3v) is 10.8. The molecule has 3 amide bonds. The number of β-lactam (4-membered cyclic amide) rings is 1. The third kappa shape index (κ3) is 6.64. The average molecular weight is 646 g/mol. The van der Waals surface area contributed by atoms with Gasteiger partial charge in [0.2, 0.25) is 12.3 Å². The molecule has 42 heavy (non-hydrogen) atoms. The number of aromatic nitrogens is 3. The number of benzene rings is 1. The molecular weight excluding hydrogens is 623 g/mol. The van der Waals surface area contributed by atoms with E-state index in [2.05, 4.69) is 31.0 Å². The molecular formula is C25H23N7O6S4. The van der Waals surface area contributed by atoms with Gasteiger partial charge in [-0.05, 0) is 11.6 Å². The molecule has 0 aliphatic carbocycles. The number of carbonyl (C=O) groups is 4. The Morgan fingerprint density at radius 2 is 2.12 bits per heavy atom. The Hall–Kier alpha value is -3.80. The largest absolute Gasteiger partial charge is 0.481 e. The molecule has 2 unspecified atom stereocenters. The van der Waals surface area contributed by atoms with E-state index >= 15 is 0 Å². The number of hydrogen-bond donors (Lipinski definition) is 3. The fraction of sp³-hybridized carbons (Fsp3) is 0.280. The van der Waals surface area contributed by atoms with E-state index in [0.717, 1.165) is 16.9 Å². The zero-order valence-corrected chi connectivity index (χ0v) is 24.9. The fourth-order valence-electron chi connectivity index (χ4n) is 4.14. The molecule has 4 heterocycles. The molecule has 5 rings (SSSR count). The van der Waals surface area contributed by atoms with E-state index in [-0.39, 0.29) is 47.1 Å². The zero-order valence-electron chi connectivity index (χ0n) is 21.6. The summed E-state index contributed by atoms with van der Waals surface area (Å²) < 4.78 is 0.654. The molecule has 0 bridgehead atoms. The molecule has 3 aromatic rings. The van der Waals surface area contributed by atoms with Gasteiger partial charge in [-0.3, -0.25) is 19.2 Å². The van der Waals surface area contributed by atoms with E-state index in [1.165, 1.54) is 45.1 Å². The van der Waals surface area contributed by atoms with Gasteiger partial charge in [0.1, 0.15) is 34.6 Å². The Morgan fingerprint density at radius 3 is 2.86 bits per heavy atom. The second-order valence-corrected chi connectivity index (χ2v) is 13.1. The van der Waals surface area contributed by atoms with Gasteiger partial charge in [-0.15, -0.1) is 33.3 Å². The van der Waals surface area contributed by atoms with Crippen molar-refractivity contribution in [2.75, 3.05) is 30.0 Å². The molecule has 2 aliphatic rings. The van der Waals surface area contributed by atoms with Crippen LogP contribution in [-0.2, 0) is 24.0 Å². The number of fused-ring (bicyclic) bond motifs is 1. The van der Waals surface area contributed by atoms with Crippen LogP contribution >= 0.6 is 46.2 Å². The highest BCUT2D eigenvalue weighted by atomic mass is 32.2. The fourth-order valence-corrected chi connectivity index (χ4v) is 8.14. The first-order valence-electron chi connectivity index (χ1n) is 12.3. The normalized spacial score (nSPS) is 21.9. The Kier molecular flexibility index (Phi) is 9.51. The first-order chi connectivity index (χ1) is 20.4. The highest BCUT2D eigenvalue weighted by molar-refractivity contribution is 8.01. The number of hydrogen-bond acceptors (Lipinski definition) is 13. The summed E-state index contributed by atoms with van der Waals surface area (Å²) in [4.78, 5) is 60.6. The molecule has 17 heteroatoms. The molecule has 2 fully saturated rings. The van der Waals surface area contributed by atoms with E-state index in [1.54, 1.807) is 11.6 Å². The average Bonchev–Trinajstić information content (AvgIpc) is 3.70. The molecule has 2 aliphatic heterocycles. The van der Waals surface area contributed by atoms with Gasteiger partial charge in [0.25, 0.3) is 5.91 Å². The highest BCUT2D eigenvalue weighted by Gasteiger charge is 2.57. The van der Waals surface area contributed by atoms with Crippen LogP contribution in [0.25, 0.3) is 6.08 Å². The lowest BCUT2D eigenvalue weighted by Crippen LogP contribution is -2.74. The second kappa shape index (κ2) is 13.5. The maximum Gasteiger partial charge on any atom is 0.313 e. The Balaban J connectivity index is 1.24. The number of oxime groups is 1. The van der Waals surface area contributed by atoms with Gasteiger partial charge in [-0.1, -0.05) is 64.7 Å². The van der Waals surface area contributed by atoms with Crippen LogP contribution in [0.2, 0.25) is 0 Å². The number of thiazole rings is 1. The van der Waals surface area contributed by atoms with Crippen molar-refractivity contribution >= 4 is 87.3 Å². The summed E-state index contributed by atoms with van der Waals surface area (Å²) in [5, 5.41) is 28.3. The molecule has 0 spiro atoms. The maximum absolute atomic E-state index is 13.3. The van der Waals surface area contributed by atoms with Crippen molar-refractivity contribution in [2.45, 2.75) is 15.8 Å². The number of anilines is 1. The number of aliphatic carboxylic acids is 1. The summed E-state index contributed by atoms with van der Waals surface area (Å²) in [5.74, 6) is -1.60. The lowest BCUT2D eigenvalue weighted by atomic mass is 9.89. The van der Waals surface area contributed by atoms with Crippen molar-refractivity contribution in [1.29, 1.82) is 0 Å². The maximum atomic E-state index is 13.3. The number of carboxylic acids is 1. The minimum absolute atomic E-state index is 0.0155. The topological polar surface area (TPSA) is 176 Å².